The Labute approximate surface area is 105 Å². The smallest absolute Gasteiger partial charge is 0.328 e. The van der Waals surface area contributed by atoms with E-state index < -0.39 is 17.9 Å². The molecule has 0 heterocycles. The third-order valence-corrected chi connectivity index (χ3v) is 2.19. The van der Waals surface area contributed by atoms with Crippen LogP contribution in [0.15, 0.2) is 30.3 Å². The van der Waals surface area contributed by atoms with Gasteiger partial charge in [-0.15, -0.1) is 0 Å². The number of hydrogen-bond donors (Lipinski definition) is 3. The van der Waals surface area contributed by atoms with Crippen LogP contribution in [-0.2, 0) is 14.3 Å². The Bertz CT molecular complexity index is 394. The summed E-state index contributed by atoms with van der Waals surface area (Å²) < 4.78 is 4.71. The van der Waals surface area contributed by atoms with Crippen LogP contribution in [0.4, 0.5) is 5.69 Å². The number of benzene rings is 1. The molecule has 1 aromatic rings. The summed E-state index contributed by atoms with van der Waals surface area (Å²) in [7, 11) is 1.38. The van der Waals surface area contributed by atoms with E-state index in [-0.39, 0.29) is 13.2 Å². The number of rotatable bonds is 7. The first-order valence-corrected chi connectivity index (χ1v) is 5.43. The maximum atomic E-state index is 11.5. The molecular weight excluding hydrogens is 236 g/mol. The van der Waals surface area contributed by atoms with Gasteiger partial charge < -0.3 is 20.5 Å². The normalized spacial score (nSPS) is 11.6. The Morgan fingerprint density at radius 1 is 1.33 bits per heavy atom. The number of carboxylic acid groups (broad SMARTS) is 1. The molecule has 6 heteroatoms. The lowest BCUT2D eigenvalue weighted by Gasteiger charge is -2.14. The van der Waals surface area contributed by atoms with E-state index in [1.54, 1.807) is 0 Å². The lowest BCUT2D eigenvalue weighted by molar-refractivity contribution is -0.143. The first kappa shape index (κ1) is 14.0. The highest BCUT2D eigenvalue weighted by Gasteiger charge is 2.19. The van der Waals surface area contributed by atoms with Gasteiger partial charge in [-0.3, -0.25) is 4.79 Å². The van der Waals surface area contributed by atoms with Crippen molar-refractivity contribution >= 4 is 17.6 Å². The van der Waals surface area contributed by atoms with Gasteiger partial charge in [-0.25, -0.2) is 4.79 Å². The van der Waals surface area contributed by atoms with Crippen molar-refractivity contribution in [2.75, 3.05) is 25.6 Å². The van der Waals surface area contributed by atoms with E-state index in [2.05, 4.69) is 10.6 Å². The molecule has 0 aliphatic carbocycles. The molecule has 0 spiro atoms. The van der Waals surface area contributed by atoms with Gasteiger partial charge in [0.1, 0.15) is 0 Å². The quantitative estimate of drug-likeness (QED) is 0.650. The number of nitrogens with one attached hydrogen (secondary N) is 2. The van der Waals surface area contributed by atoms with Crippen LogP contribution in [0.1, 0.15) is 0 Å². The molecule has 1 amide bonds. The van der Waals surface area contributed by atoms with Crippen molar-refractivity contribution in [2.45, 2.75) is 6.04 Å². The van der Waals surface area contributed by atoms with E-state index in [0.29, 0.717) is 0 Å². The molecule has 0 fully saturated rings. The van der Waals surface area contributed by atoms with E-state index >= 15 is 0 Å². The van der Waals surface area contributed by atoms with Crippen LogP contribution >= 0.6 is 0 Å². The van der Waals surface area contributed by atoms with Crippen molar-refractivity contribution in [3.8, 4) is 0 Å². The number of aliphatic carboxylic acids is 1. The molecule has 0 saturated heterocycles. The molecule has 0 bridgehead atoms. The largest absolute Gasteiger partial charge is 0.480 e. The summed E-state index contributed by atoms with van der Waals surface area (Å²) in [6.07, 6.45) is 0. The number of carboxylic acids is 1. The topological polar surface area (TPSA) is 87.7 Å². The molecule has 0 saturated carbocycles. The van der Waals surface area contributed by atoms with E-state index in [1.807, 2.05) is 30.3 Å². The Hall–Kier alpha value is -2.08. The molecule has 18 heavy (non-hydrogen) atoms. The molecule has 3 N–H and O–H groups in total. The molecule has 6 nitrogen and oxygen atoms in total. The lowest BCUT2D eigenvalue weighted by atomic mass is 10.3. The fourth-order valence-electron chi connectivity index (χ4n) is 1.33. The van der Waals surface area contributed by atoms with Crippen LogP contribution in [0.3, 0.4) is 0 Å². The minimum absolute atomic E-state index is 0.0114. The second-order valence-corrected chi connectivity index (χ2v) is 3.63. The third-order valence-electron chi connectivity index (χ3n) is 2.19. The van der Waals surface area contributed by atoms with E-state index in [9.17, 15) is 9.59 Å². The Kier molecular flexibility index (Phi) is 5.66. The van der Waals surface area contributed by atoms with Crippen molar-refractivity contribution in [3.63, 3.8) is 0 Å². The zero-order valence-electron chi connectivity index (χ0n) is 10.1. The van der Waals surface area contributed by atoms with Crippen LogP contribution in [-0.4, -0.2) is 43.3 Å². The number of anilines is 1. The van der Waals surface area contributed by atoms with Gasteiger partial charge in [-0.05, 0) is 12.1 Å². The fourth-order valence-corrected chi connectivity index (χ4v) is 1.33. The SMILES string of the molecule is COCC(NC(=O)CNc1ccccc1)C(=O)O. The van der Waals surface area contributed by atoms with E-state index in [0.717, 1.165) is 5.69 Å². The van der Waals surface area contributed by atoms with Gasteiger partial charge in [0, 0.05) is 12.8 Å². The summed E-state index contributed by atoms with van der Waals surface area (Å²) in [5, 5.41) is 14.1. The average Bonchev–Trinajstić information content (AvgIpc) is 2.37. The maximum Gasteiger partial charge on any atom is 0.328 e. The van der Waals surface area contributed by atoms with Crippen LogP contribution in [0.25, 0.3) is 0 Å². The van der Waals surface area contributed by atoms with Gasteiger partial charge in [-0.2, -0.15) is 0 Å². The molecule has 0 aromatic heterocycles. The molecule has 0 aliphatic heterocycles. The molecule has 0 radical (unpaired) electrons. The van der Waals surface area contributed by atoms with Crippen LogP contribution in [0, 0.1) is 0 Å². The number of hydrogen-bond acceptors (Lipinski definition) is 4. The first-order valence-electron chi connectivity index (χ1n) is 5.43. The van der Waals surface area contributed by atoms with Crippen LogP contribution < -0.4 is 10.6 Å². The van der Waals surface area contributed by atoms with Gasteiger partial charge in [0.05, 0.1) is 13.2 Å². The van der Waals surface area contributed by atoms with Crippen molar-refractivity contribution in [2.24, 2.45) is 0 Å². The van der Waals surface area contributed by atoms with Gasteiger partial charge >= 0.3 is 5.97 Å². The minimum Gasteiger partial charge on any atom is -0.480 e. The third kappa shape index (κ3) is 4.84. The predicted molar refractivity (Wildman–Crippen MR) is 66.4 cm³/mol. The highest BCUT2D eigenvalue weighted by molar-refractivity contribution is 5.86. The first-order chi connectivity index (χ1) is 8.63. The summed E-state index contributed by atoms with van der Waals surface area (Å²) >= 11 is 0. The van der Waals surface area contributed by atoms with E-state index in [4.69, 9.17) is 9.84 Å². The fraction of sp³-hybridized carbons (Fsp3) is 0.333. The molecular formula is C12H16N2O4. The van der Waals surface area contributed by atoms with E-state index in [1.165, 1.54) is 7.11 Å². The number of carbonyl (C=O) groups excluding carboxylic acids is 1. The number of carbonyl (C=O) groups is 2. The van der Waals surface area contributed by atoms with Crippen molar-refractivity contribution in [1.29, 1.82) is 0 Å². The standard InChI is InChI=1S/C12H16N2O4/c1-18-8-10(12(16)17)14-11(15)7-13-9-5-3-2-4-6-9/h2-6,10,13H,7-8H2,1H3,(H,14,15)(H,16,17). The Morgan fingerprint density at radius 3 is 2.56 bits per heavy atom. The summed E-state index contributed by atoms with van der Waals surface area (Å²) in [6, 6.07) is 8.15. The summed E-state index contributed by atoms with van der Waals surface area (Å²) in [4.78, 5) is 22.3. The average molecular weight is 252 g/mol. The molecule has 1 atom stereocenters. The van der Waals surface area contributed by atoms with Gasteiger partial charge in [0.25, 0.3) is 0 Å². The van der Waals surface area contributed by atoms with Crippen molar-refractivity contribution in [3.05, 3.63) is 30.3 Å². The molecule has 98 valence electrons. The number of para-hydroxylation sites is 1. The molecule has 1 rings (SSSR count). The lowest BCUT2D eigenvalue weighted by Crippen LogP contribution is -2.45. The molecule has 1 unspecified atom stereocenters. The van der Waals surface area contributed by atoms with Gasteiger partial charge in [-0.1, -0.05) is 18.2 Å². The monoisotopic (exact) mass is 252 g/mol. The summed E-state index contributed by atoms with van der Waals surface area (Å²) in [6.45, 7) is -0.0517. The highest BCUT2D eigenvalue weighted by Crippen LogP contribution is 2.03. The van der Waals surface area contributed by atoms with Gasteiger partial charge in [0.15, 0.2) is 6.04 Å². The second kappa shape index (κ2) is 7.29. The van der Waals surface area contributed by atoms with Crippen molar-refractivity contribution in [1.82, 2.24) is 5.32 Å². The highest BCUT2D eigenvalue weighted by atomic mass is 16.5. The zero-order chi connectivity index (χ0) is 13.4. The Morgan fingerprint density at radius 2 is 2.00 bits per heavy atom. The number of methoxy groups -OCH3 is 1. The van der Waals surface area contributed by atoms with Crippen molar-refractivity contribution < 1.29 is 19.4 Å². The van der Waals surface area contributed by atoms with Gasteiger partial charge in [0.2, 0.25) is 5.91 Å². The zero-order valence-corrected chi connectivity index (χ0v) is 10.1. The maximum absolute atomic E-state index is 11.5. The number of ether oxygens (including phenoxy) is 1. The minimum atomic E-state index is -1.12. The van der Waals surface area contributed by atoms with Crippen LogP contribution in [0.2, 0.25) is 0 Å². The van der Waals surface area contributed by atoms with Crippen LogP contribution in [0.5, 0.6) is 0 Å². The predicted octanol–water partition coefficient (Wildman–Crippen LogP) is 0.314. The summed E-state index contributed by atoms with van der Waals surface area (Å²) in [5.74, 6) is -1.52. The second-order valence-electron chi connectivity index (χ2n) is 3.63. The number of amides is 1. The summed E-state index contributed by atoms with van der Waals surface area (Å²) in [5.41, 5.74) is 0.797. The molecule has 1 aromatic carbocycles. The Balaban J connectivity index is 2.39. The molecule has 0 aliphatic rings.